The average molecular weight is 439 g/mol. The summed E-state index contributed by atoms with van der Waals surface area (Å²) >= 11 is 0. The van der Waals surface area contributed by atoms with E-state index < -0.39 is 23.3 Å². The van der Waals surface area contributed by atoms with Gasteiger partial charge in [-0.25, -0.2) is 9.79 Å². The molecule has 1 aliphatic heterocycles. The number of nitrogens with two attached hydrogens (primary N) is 1. The number of alkyl halides is 3. The molecular formula is C21H24F3N3O4. The highest BCUT2D eigenvalue weighted by Crippen LogP contribution is 2.46. The van der Waals surface area contributed by atoms with E-state index in [2.05, 4.69) is 23.2 Å². The summed E-state index contributed by atoms with van der Waals surface area (Å²) in [5.74, 6) is -2.64. The fourth-order valence-electron chi connectivity index (χ4n) is 3.67. The first-order valence-electron chi connectivity index (χ1n) is 9.36. The van der Waals surface area contributed by atoms with Crippen molar-refractivity contribution in [2.24, 2.45) is 10.7 Å². The standard InChI is InChI=1S/C19H23N3O2.C2HF3O2/c1-4-19(16(23)22(2)17(20)21-19)18(24-3)12-8-11-15(13-18)14-9-6-5-7-10-14;3-2(4,5)1(6)7/h5-12H,4,13H2,1-3H3,(H2,20,21);(H,6,7). The number of rotatable bonds is 4. The molecule has 1 aromatic rings. The Labute approximate surface area is 177 Å². The van der Waals surface area contributed by atoms with Crippen molar-refractivity contribution >= 4 is 23.4 Å². The summed E-state index contributed by atoms with van der Waals surface area (Å²) in [5.41, 5.74) is 6.29. The lowest BCUT2D eigenvalue weighted by atomic mass is 9.71. The molecule has 0 aromatic heterocycles. The Bertz CT molecular complexity index is 928. The molecule has 1 heterocycles. The summed E-state index contributed by atoms with van der Waals surface area (Å²) in [5, 5.41) is 7.12. The highest BCUT2D eigenvalue weighted by Gasteiger charge is 2.60. The summed E-state index contributed by atoms with van der Waals surface area (Å²) in [6.45, 7) is 1.95. The van der Waals surface area contributed by atoms with Gasteiger partial charge in [0.15, 0.2) is 11.5 Å². The van der Waals surface area contributed by atoms with Gasteiger partial charge in [-0.05, 0) is 23.6 Å². The molecule has 0 spiro atoms. The Kier molecular flexibility index (Phi) is 6.95. The lowest BCUT2D eigenvalue weighted by Gasteiger charge is -2.43. The van der Waals surface area contributed by atoms with Gasteiger partial charge < -0.3 is 15.6 Å². The number of ether oxygens (including phenoxy) is 1. The number of allylic oxidation sites excluding steroid dienone is 2. The van der Waals surface area contributed by atoms with E-state index in [1.54, 1.807) is 14.2 Å². The minimum Gasteiger partial charge on any atom is -0.475 e. The van der Waals surface area contributed by atoms with Crippen LogP contribution in [0.5, 0.6) is 0 Å². The first-order valence-corrected chi connectivity index (χ1v) is 9.36. The monoisotopic (exact) mass is 439 g/mol. The van der Waals surface area contributed by atoms with Crippen LogP contribution in [0.1, 0.15) is 25.3 Å². The topological polar surface area (TPSA) is 105 Å². The zero-order valence-corrected chi connectivity index (χ0v) is 17.3. The predicted molar refractivity (Wildman–Crippen MR) is 109 cm³/mol. The van der Waals surface area contributed by atoms with Crippen molar-refractivity contribution in [1.82, 2.24) is 4.90 Å². The third-order valence-corrected chi connectivity index (χ3v) is 5.39. The Morgan fingerprint density at radius 3 is 2.32 bits per heavy atom. The normalized spacial score (nSPS) is 25.5. The van der Waals surface area contributed by atoms with Crippen LogP contribution < -0.4 is 5.73 Å². The molecule has 1 aromatic carbocycles. The summed E-state index contributed by atoms with van der Waals surface area (Å²) < 4.78 is 37.7. The Morgan fingerprint density at radius 2 is 1.90 bits per heavy atom. The number of aliphatic carboxylic acids is 1. The van der Waals surface area contributed by atoms with E-state index in [1.807, 2.05) is 37.3 Å². The average Bonchev–Trinajstić information content (AvgIpc) is 2.98. The van der Waals surface area contributed by atoms with Gasteiger partial charge in [-0.1, -0.05) is 49.4 Å². The second-order valence-electron chi connectivity index (χ2n) is 7.04. The molecule has 0 radical (unpaired) electrons. The van der Waals surface area contributed by atoms with Crippen LogP contribution in [0, 0.1) is 0 Å². The number of guanidine groups is 1. The number of halogens is 3. The lowest BCUT2D eigenvalue weighted by Crippen LogP contribution is -2.59. The van der Waals surface area contributed by atoms with Crippen LogP contribution in [0.15, 0.2) is 53.6 Å². The fraction of sp³-hybridized carbons (Fsp3) is 0.381. The van der Waals surface area contributed by atoms with Crippen LogP contribution in [-0.4, -0.2) is 59.3 Å². The van der Waals surface area contributed by atoms with Crippen molar-refractivity contribution in [3.63, 3.8) is 0 Å². The number of carboxylic acid groups (broad SMARTS) is 1. The number of carbonyl (C=O) groups excluding carboxylic acids is 1. The number of likely N-dealkylation sites (N-methyl/N-ethyl adjacent to an activating group) is 1. The molecule has 10 heteroatoms. The molecule has 0 saturated carbocycles. The molecule has 0 bridgehead atoms. The minimum atomic E-state index is -5.08. The van der Waals surface area contributed by atoms with E-state index in [0.29, 0.717) is 12.8 Å². The first-order chi connectivity index (χ1) is 14.4. The van der Waals surface area contributed by atoms with E-state index >= 15 is 0 Å². The second kappa shape index (κ2) is 8.93. The third-order valence-electron chi connectivity index (χ3n) is 5.39. The van der Waals surface area contributed by atoms with Gasteiger partial charge in [0.25, 0.3) is 5.91 Å². The quantitative estimate of drug-likeness (QED) is 0.751. The molecule has 1 aliphatic carbocycles. The van der Waals surface area contributed by atoms with Gasteiger partial charge in [-0.2, -0.15) is 13.2 Å². The number of amides is 1. The van der Waals surface area contributed by atoms with Crippen molar-refractivity contribution in [2.75, 3.05) is 14.2 Å². The van der Waals surface area contributed by atoms with E-state index in [-0.39, 0.29) is 11.9 Å². The molecule has 31 heavy (non-hydrogen) atoms. The van der Waals surface area contributed by atoms with Crippen LogP contribution in [0.4, 0.5) is 13.2 Å². The molecule has 2 unspecified atom stereocenters. The highest BCUT2D eigenvalue weighted by atomic mass is 19.4. The maximum atomic E-state index is 13.0. The zero-order chi connectivity index (χ0) is 23.4. The maximum absolute atomic E-state index is 13.0. The molecule has 3 rings (SSSR count). The Hall–Kier alpha value is -3.14. The number of benzene rings is 1. The molecule has 1 amide bonds. The predicted octanol–water partition coefficient (Wildman–Crippen LogP) is 2.98. The number of hydrogen-bond acceptors (Lipinski definition) is 5. The molecule has 0 saturated heterocycles. The van der Waals surface area contributed by atoms with Gasteiger partial charge in [-0.3, -0.25) is 9.69 Å². The molecule has 2 atom stereocenters. The van der Waals surface area contributed by atoms with Gasteiger partial charge in [0.05, 0.1) is 0 Å². The number of carboxylic acids is 1. The molecule has 2 aliphatic rings. The van der Waals surface area contributed by atoms with E-state index in [4.69, 9.17) is 20.4 Å². The SMILES string of the molecule is CCC1(C2(OC)C=CC=C(c3ccccc3)C2)N=C(N)N(C)C1=O.O=C(O)C(F)(F)F. The van der Waals surface area contributed by atoms with Crippen LogP contribution in [0.25, 0.3) is 5.57 Å². The molecule has 7 nitrogen and oxygen atoms in total. The molecule has 0 fully saturated rings. The second-order valence-corrected chi connectivity index (χ2v) is 7.04. The fourth-order valence-corrected chi connectivity index (χ4v) is 3.67. The van der Waals surface area contributed by atoms with Crippen LogP contribution >= 0.6 is 0 Å². The van der Waals surface area contributed by atoms with Gasteiger partial charge >= 0.3 is 12.1 Å². The van der Waals surface area contributed by atoms with E-state index in [9.17, 15) is 18.0 Å². The van der Waals surface area contributed by atoms with Crippen LogP contribution in [0.2, 0.25) is 0 Å². The van der Waals surface area contributed by atoms with E-state index in [1.165, 1.54) is 4.90 Å². The number of methoxy groups -OCH3 is 1. The van der Waals surface area contributed by atoms with Gasteiger partial charge in [0, 0.05) is 20.6 Å². The van der Waals surface area contributed by atoms with E-state index in [0.717, 1.165) is 11.1 Å². The summed E-state index contributed by atoms with van der Waals surface area (Å²) in [6.07, 6.45) is 1.94. The van der Waals surface area contributed by atoms with Crippen LogP contribution in [0.3, 0.4) is 0 Å². The number of nitrogens with zero attached hydrogens (tertiary/aromatic N) is 2. The number of aliphatic imine (C=N–C) groups is 1. The largest absolute Gasteiger partial charge is 0.490 e. The van der Waals surface area contributed by atoms with Crippen molar-refractivity contribution in [1.29, 1.82) is 0 Å². The smallest absolute Gasteiger partial charge is 0.475 e. The number of carbonyl (C=O) groups is 2. The summed E-state index contributed by atoms with van der Waals surface area (Å²) in [7, 11) is 3.29. The zero-order valence-electron chi connectivity index (χ0n) is 17.3. The summed E-state index contributed by atoms with van der Waals surface area (Å²) in [6, 6.07) is 10.1. The van der Waals surface area contributed by atoms with Crippen LogP contribution in [-0.2, 0) is 14.3 Å². The lowest BCUT2D eigenvalue weighted by molar-refractivity contribution is -0.192. The molecule has 168 valence electrons. The molecule has 3 N–H and O–H groups in total. The highest BCUT2D eigenvalue weighted by molar-refractivity contribution is 6.07. The van der Waals surface area contributed by atoms with Gasteiger partial charge in [-0.15, -0.1) is 0 Å². The third kappa shape index (κ3) is 4.48. The first kappa shape index (κ1) is 24.1. The minimum absolute atomic E-state index is 0.122. The Morgan fingerprint density at radius 1 is 1.32 bits per heavy atom. The number of hydrogen-bond donors (Lipinski definition) is 2. The molecular weight excluding hydrogens is 415 g/mol. The van der Waals surface area contributed by atoms with Crippen molar-refractivity contribution < 1.29 is 32.6 Å². The van der Waals surface area contributed by atoms with Crippen molar-refractivity contribution in [3.8, 4) is 0 Å². The van der Waals surface area contributed by atoms with Crippen molar-refractivity contribution in [3.05, 3.63) is 54.1 Å². The van der Waals surface area contributed by atoms with Crippen molar-refractivity contribution in [2.45, 2.75) is 37.1 Å². The van der Waals surface area contributed by atoms with Gasteiger partial charge in [0.1, 0.15) is 5.60 Å². The Balaban J connectivity index is 0.000000423. The summed E-state index contributed by atoms with van der Waals surface area (Å²) in [4.78, 5) is 27.8. The van der Waals surface area contributed by atoms with Gasteiger partial charge in [0.2, 0.25) is 0 Å². The maximum Gasteiger partial charge on any atom is 0.490 e.